The first-order valence-corrected chi connectivity index (χ1v) is 13.2. The van der Waals surface area contributed by atoms with Crippen LogP contribution in [0.25, 0.3) is 28.2 Å². The van der Waals surface area contributed by atoms with Gasteiger partial charge in [-0.25, -0.2) is 14.5 Å². The van der Waals surface area contributed by atoms with Gasteiger partial charge in [0, 0.05) is 5.56 Å². The van der Waals surface area contributed by atoms with Crippen LogP contribution in [0.5, 0.6) is 5.75 Å². The summed E-state index contributed by atoms with van der Waals surface area (Å²) >= 11 is 0. The fourth-order valence-corrected chi connectivity index (χ4v) is 4.45. The highest BCUT2D eigenvalue weighted by atomic mass is 19.4. The Hall–Kier alpha value is -5.13. The SMILES string of the molecule is CCOC(=O)c1cnn(-c2cccc(-c3ccccc3OCc3ccc(-c4ccc(C(F)(F)F)cc4)cc3)n2)c1C(F)(F)F. The van der Waals surface area contributed by atoms with E-state index in [-0.39, 0.29) is 19.0 Å². The number of ether oxygens (including phenoxy) is 2. The number of para-hydroxylation sites is 1. The van der Waals surface area contributed by atoms with Gasteiger partial charge < -0.3 is 9.47 Å². The normalized spacial score (nSPS) is 11.8. The van der Waals surface area contributed by atoms with Gasteiger partial charge in [-0.15, -0.1) is 0 Å². The van der Waals surface area contributed by atoms with Crippen LogP contribution in [0.2, 0.25) is 0 Å². The fourth-order valence-electron chi connectivity index (χ4n) is 4.45. The van der Waals surface area contributed by atoms with E-state index in [1.807, 2.05) is 0 Å². The third-order valence-electron chi connectivity index (χ3n) is 6.54. The van der Waals surface area contributed by atoms with E-state index in [1.54, 1.807) is 54.6 Å². The largest absolute Gasteiger partial charge is 0.488 e. The monoisotopic (exact) mass is 611 g/mol. The lowest BCUT2D eigenvalue weighted by Gasteiger charge is -2.14. The van der Waals surface area contributed by atoms with Crippen LogP contribution in [0.4, 0.5) is 26.3 Å². The number of carbonyl (C=O) groups excluding carboxylic acids is 1. The molecular weight excluding hydrogens is 588 g/mol. The van der Waals surface area contributed by atoms with Crippen molar-refractivity contribution in [2.75, 3.05) is 6.61 Å². The molecule has 0 radical (unpaired) electrons. The van der Waals surface area contributed by atoms with Crippen molar-refractivity contribution in [2.45, 2.75) is 25.9 Å². The van der Waals surface area contributed by atoms with Crippen molar-refractivity contribution in [1.29, 1.82) is 0 Å². The van der Waals surface area contributed by atoms with E-state index >= 15 is 0 Å². The van der Waals surface area contributed by atoms with Gasteiger partial charge in [-0.1, -0.05) is 54.6 Å². The minimum atomic E-state index is -4.92. The zero-order valence-electron chi connectivity index (χ0n) is 23.0. The van der Waals surface area contributed by atoms with Crippen molar-refractivity contribution in [2.24, 2.45) is 0 Å². The predicted molar refractivity (Wildman–Crippen MR) is 149 cm³/mol. The van der Waals surface area contributed by atoms with Gasteiger partial charge in [0.1, 0.15) is 17.9 Å². The van der Waals surface area contributed by atoms with Crippen molar-refractivity contribution in [3.63, 3.8) is 0 Å². The molecule has 2 heterocycles. The van der Waals surface area contributed by atoms with E-state index in [0.717, 1.165) is 29.5 Å². The molecule has 2 aromatic heterocycles. The zero-order valence-corrected chi connectivity index (χ0v) is 23.0. The van der Waals surface area contributed by atoms with Gasteiger partial charge in [-0.05, 0) is 60.0 Å². The van der Waals surface area contributed by atoms with Crippen LogP contribution in [-0.2, 0) is 23.7 Å². The maximum Gasteiger partial charge on any atom is 0.434 e. The number of hydrogen-bond acceptors (Lipinski definition) is 5. The predicted octanol–water partition coefficient (Wildman–Crippen LogP) is 8.39. The second kappa shape index (κ2) is 12.2. The molecule has 0 atom stereocenters. The Morgan fingerprint density at radius 3 is 2.09 bits per heavy atom. The summed E-state index contributed by atoms with van der Waals surface area (Å²) in [6.07, 6.45) is -8.53. The zero-order chi connectivity index (χ0) is 31.5. The molecule has 0 N–H and O–H groups in total. The van der Waals surface area contributed by atoms with Crippen LogP contribution in [0.3, 0.4) is 0 Å². The van der Waals surface area contributed by atoms with Crippen LogP contribution < -0.4 is 4.74 Å². The van der Waals surface area contributed by atoms with Gasteiger partial charge in [0.2, 0.25) is 0 Å². The first-order chi connectivity index (χ1) is 21.0. The van der Waals surface area contributed by atoms with Crippen LogP contribution in [0.1, 0.15) is 34.1 Å². The highest BCUT2D eigenvalue weighted by Gasteiger charge is 2.41. The first kappa shape index (κ1) is 30.3. The quantitative estimate of drug-likeness (QED) is 0.130. The summed E-state index contributed by atoms with van der Waals surface area (Å²) < 4.78 is 91.9. The Morgan fingerprint density at radius 1 is 0.795 bits per heavy atom. The Kier molecular flexibility index (Phi) is 8.43. The number of nitrogens with zero attached hydrogens (tertiary/aromatic N) is 3. The average Bonchev–Trinajstić information content (AvgIpc) is 3.47. The van der Waals surface area contributed by atoms with Crippen LogP contribution in [-0.4, -0.2) is 27.3 Å². The Balaban J connectivity index is 1.37. The average molecular weight is 612 g/mol. The van der Waals surface area contributed by atoms with E-state index in [9.17, 15) is 31.1 Å². The standard InChI is InChI=1S/C32H23F6N3O3/c1-2-43-30(42)25-18-39-41(29(25)32(36,37)38)28-9-5-7-26(40-28)24-6-3-4-8-27(24)44-19-20-10-12-21(13-11-20)22-14-16-23(17-15-22)31(33,34)35/h3-18H,2,19H2,1H3. The molecule has 0 aliphatic heterocycles. The summed E-state index contributed by atoms with van der Waals surface area (Å²) in [5, 5.41) is 3.79. The number of alkyl halides is 6. The van der Waals surface area contributed by atoms with Gasteiger partial charge in [-0.3, -0.25) is 0 Å². The first-order valence-electron chi connectivity index (χ1n) is 13.2. The third kappa shape index (κ3) is 6.59. The lowest BCUT2D eigenvalue weighted by molar-refractivity contribution is -0.143. The molecule has 0 unspecified atom stereocenters. The summed E-state index contributed by atoms with van der Waals surface area (Å²) in [5.74, 6) is -0.903. The van der Waals surface area contributed by atoms with Gasteiger partial charge in [0.25, 0.3) is 0 Å². The van der Waals surface area contributed by atoms with Gasteiger partial charge in [0.05, 0.1) is 24.1 Å². The molecule has 0 saturated heterocycles. The molecule has 0 fully saturated rings. The molecule has 0 amide bonds. The number of aromatic nitrogens is 3. The van der Waals surface area contributed by atoms with E-state index in [4.69, 9.17) is 9.47 Å². The van der Waals surface area contributed by atoms with Crippen molar-refractivity contribution >= 4 is 5.97 Å². The molecule has 5 rings (SSSR count). The number of rotatable bonds is 8. The highest BCUT2D eigenvalue weighted by molar-refractivity contribution is 5.90. The van der Waals surface area contributed by atoms with Crippen molar-refractivity contribution < 1.29 is 40.6 Å². The molecular formula is C32H23F6N3O3. The molecule has 0 aliphatic rings. The molecule has 12 heteroatoms. The number of halogens is 6. The molecule has 44 heavy (non-hydrogen) atoms. The summed E-state index contributed by atoms with van der Waals surface area (Å²) in [7, 11) is 0. The molecule has 0 bridgehead atoms. The number of carbonyl (C=O) groups is 1. The molecule has 0 saturated carbocycles. The summed E-state index contributed by atoms with van der Waals surface area (Å²) in [4.78, 5) is 16.6. The number of esters is 1. The number of benzene rings is 3. The van der Waals surface area contributed by atoms with Gasteiger partial charge in [0.15, 0.2) is 11.5 Å². The van der Waals surface area contributed by atoms with Crippen LogP contribution >= 0.6 is 0 Å². The maximum atomic E-state index is 14.0. The van der Waals surface area contributed by atoms with Crippen molar-refractivity contribution in [3.05, 3.63) is 120 Å². The number of pyridine rings is 1. The Labute approximate surface area is 247 Å². The van der Waals surface area contributed by atoms with Crippen LogP contribution in [0, 0.1) is 0 Å². The van der Waals surface area contributed by atoms with Crippen molar-refractivity contribution in [3.8, 4) is 34.0 Å². The maximum absolute atomic E-state index is 14.0. The fraction of sp³-hybridized carbons (Fsp3) is 0.156. The van der Waals surface area contributed by atoms with E-state index in [1.165, 1.54) is 31.2 Å². The van der Waals surface area contributed by atoms with Gasteiger partial charge in [-0.2, -0.15) is 31.4 Å². The number of hydrogen-bond donors (Lipinski definition) is 0. The topological polar surface area (TPSA) is 66.2 Å². The van der Waals surface area contributed by atoms with Crippen molar-refractivity contribution in [1.82, 2.24) is 14.8 Å². The molecule has 6 nitrogen and oxygen atoms in total. The van der Waals surface area contributed by atoms with E-state index in [2.05, 4.69) is 10.1 Å². The van der Waals surface area contributed by atoms with E-state index in [0.29, 0.717) is 27.3 Å². The minimum absolute atomic E-state index is 0.102. The molecule has 0 spiro atoms. The lowest BCUT2D eigenvalue weighted by atomic mass is 10.0. The second-order valence-corrected chi connectivity index (χ2v) is 9.47. The molecule has 0 aliphatic carbocycles. The van der Waals surface area contributed by atoms with Crippen LogP contribution in [0.15, 0.2) is 97.2 Å². The minimum Gasteiger partial charge on any atom is -0.488 e. The van der Waals surface area contributed by atoms with E-state index < -0.39 is 35.1 Å². The Bertz CT molecular complexity index is 1760. The molecule has 3 aromatic carbocycles. The highest BCUT2D eigenvalue weighted by Crippen LogP contribution is 2.35. The molecule has 5 aromatic rings. The third-order valence-corrected chi connectivity index (χ3v) is 6.54. The summed E-state index contributed by atoms with van der Waals surface area (Å²) in [6.45, 7) is 1.51. The second-order valence-electron chi connectivity index (χ2n) is 9.47. The summed E-state index contributed by atoms with van der Waals surface area (Å²) in [5.41, 5.74) is 0.185. The smallest absolute Gasteiger partial charge is 0.434 e. The lowest BCUT2D eigenvalue weighted by Crippen LogP contribution is -2.19. The molecule has 226 valence electrons. The summed E-state index contributed by atoms with van der Waals surface area (Å²) in [6, 6.07) is 23.3. The van der Waals surface area contributed by atoms with Gasteiger partial charge >= 0.3 is 18.3 Å². The Morgan fingerprint density at radius 2 is 1.45 bits per heavy atom.